The number of unbranched alkanes of at least 4 members (excludes halogenated alkanes) is 17. The largest absolute Gasteiger partial charge is 0.726 e. The van der Waals surface area contributed by atoms with Gasteiger partial charge in [0.25, 0.3) is 0 Å². The van der Waals surface area contributed by atoms with Crippen LogP contribution in [0.15, 0.2) is 0 Å². The van der Waals surface area contributed by atoms with Crippen LogP contribution in [0.4, 0.5) is 0 Å². The first-order valence-corrected chi connectivity index (χ1v) is 12.0. The second-order valence-electron chi connectivity index (χ2n) is 7.24. The molecule has 0 aliphatic heterocycles. The average Bonchev–Trinajstić information content (AvgIpc) is 2.56. The van der Waals surface area contributed by atoms with Crippen LogP contribution in [-0.2, 0) is 14.6 Å². The van der Waals surface area contributed by atoms with Gasteiger partial charge in [-0.3, -0.25) is 4.18 Å². The summed E-state index contributed by atoms with van der Waals surface area (Å²) in [7, 11) is -4.50. The van der Waals surface area contributed by atoms with Crippen LogP contribution in [0, 0.1) is 0 Å². The third-order valence-corrected chi connectivity index (χ3v) is 5.18. The summed E-state index contributed by atoms with van der Waals surface area (Å²) in [5, 5.41) is 0. The third-order valence-electron chi connectivity index (χ3n) is 4.73. The molecule has 0 fully saturated rings. The number of hydrogen-bond donors (Lipinski definition) is 0. The van der Waals surface area contributed by atoms with Crippen LogP contribution >= 0.6 is 0 Å². The Hall–Kier alpha value is -0.130. The molecule has 0 aromatic heterocycles. The molecule has 0 aliphatic rings. The molecule has 0 saturated heterocycles. The maximum Gasteiger partial charge on any atom is 0.217 e. The molecular formula is C20H41O4S-. The molecule has 0 bridgehead atoms. The van der Waals surface area contributed by atoms with Gasteiger partial charge in [-0.2, -0.15) is 0 Å². The van der Waals surface area contributed by atoms with Crippen LogP contribution in [0.25, 0.3) is 0 Å². The van der Waals surface area contributed by atoms with E-state index >= 15 is 0 Å². The van der Waals surface area contributed by atoms with Gasteiger partial charge in [0, 0.05) is 0 Å². The monoisotopic (exact) mass is 377 g/mol. The molecule has 0 saturated carbocycles. The van der Waals surface area contributed by atoms with Gasteiger partial charge in [0.15, 0.2) is 0 Å². The molecule has 0 aromatic carbocycles. The predicted molar refractivity (Wildman–Crippen MR) is 104 cm³/mol. The Morgan fingerprint density at radius 2 is 0.840 bits per heavy atom. The van der Waals surface area contributed by atoms with Crippen LogP contribution in [0.3, 0.4) is 0 Å². The highest BCUT2D eigenvalue weighted by atomic mass is 32.3. The smallest absolute Gasteiger partial charge is 0.217 e. The molecule has 4 nitrogen and oxygen atoms in total. The van der Waals surface area contributed by atoms with E-state index < -0.39 is 10.4 Å². The van der Waals surface area contributed by atoms with Gasteiger partial charge in [0.2, 0.25) is 10.4 Å². The second kappa shape index (κ2) is 18.7. The number of hydrogen-bond acceptors (Lipinski definition) is 4. The minimum atomic E-state index is -4.50. The zero-order valence-electron chi connectivity index (χ0n) is 16.5. The van der Waals surface area contributed by atoms with Gasteiger partial charge >= 0.3 is 0 Å². The molecule has 25 heavy (non-hydrogen) atoms. The Morgan fingerprint density at radius 1 is 0.560 bits per heavy atom. The van der Waals surface area contributed by atoms with Gasteiger partial charge in [0.1, 0.15) is 0 Å². The molecule has 0 aromatic rings. The van der Waals surface area contributed by atoms with Crippen molar-refractivity contribution in [3.63, 3.8) is 0 Å². The van der Waals surface area contributed by atoms with Gasteiger partial charge in [0.05, 0.1) is 6.61 Å². The first-order chi connectivity index (χ1) is 12.1. The van der Waals surface area contributed by atoms with E-state index in [4.69, 9.17) is 0 Å². The van der Waals surface area contributed by atoms with Crippen molar-refractivity contribution in [3.8, 4) is 0 Å². The molecule has 0 aliphatic carbocycles. The molecule has 0 amide bonds. The summed E-state index contributed by atoms with van der Waals surface area (Å²) >= 11 is 0. The lowest BCUT2D eigenvalue weighted by Crippen LogP contribution is -2.05. The van der Waals surface area contributed by atoms with Crippen molar-refractivity contribution < 1.29 is 17.2 Å². The van der Waals surface area contributed by atoms with Crippen LogP contribution in [0.1, 0.15) is 122 Å². The van der Waals surface area contributed by atoms with Crippen molar-refractivity contribution in [1.82, 2.24) is 0 Å². The van der Waals surface area contributed by atoms with Crippen molar-refractivity contribution in [1.29, 1.82) is 0 Å². The summed E-state index contributed by atoms with van der Waals surface area (Å²) in [5.74, 6) is 0. The van der Waals surface area contributed by atoms with Gasteiger partial charge in [-0.05, 0) is 6.42 Å². The maximum atomic E-state index is 10.2. The van der Waals surface area contributed by atoms with Crippen molar-refractivity contribution in [3.05, 3.63) is 0 Å². The lowest BCUT2D eigenvalue weighted by Gasteiger charge is -2.07. The first kappa shape index (κ1) is 24.9. The SMILES string of the molecule is CCCCCCCCCCCCCCCCCCCCOS(=O)(=O)[O-]. The molecule has 0 rings (SSSR count). The average molecular weight is 378 g/mol. The van der Waals surface area contributed by atoms with Crippen molar-refractivity contribution in [2.75, 3.05) is 6.61 Å². The Balaban J connectivity index is 3.03. The summed E-state index contributed by atoms with van der Waals surface area (Å²) in [4.78, 5) is 0. The summed E-state index contributed by atoms with van der Waals surface area (Å²) in [6, 6.07) is 0. The summed E-state index contributed by atoms with van der Waals surface area (Å²) in [5.41, 5.74) is 0. The van der Waals surface area contributed by atoms with E-state index in [1.54, 1.807) is 0 Å². The molecule has 152 valence electrons. The molecular weight excluding hydrogens is 336 g/mol. The zero-order chi connectivity index (χ0) is 18.6. The fraction of sp³-hybridized carbons (Fsp3) is 1.00. The van der Waals surface area contributed by atoms with E-state index in [0.717, 1.165) is 12.8 Å². The highest BCUT2D eigenvalue weighted by molar-refractivity contribution is 7.80. The minimum absolute atomic E-state index is 0.0323. The molecule has 0 unspecified atom stereocenters. The molecule has 5 heteroatoms. The van der Waals surface area contributed by atoms with E-state index in [-0.39, 0.29) is 6.61 Å². The quantitative estimate of drug-likeness (QED) is 0.138. The zero-order valence-corrected chi connectivity index (χ0v) is 17.3. The van der Waals surface area contributed by atoms with Gasteiger partial charge in [-0.1, -0.05) is 116 Å². The number of rotatable bonds is 20. The molecule has 0 atom stereocenters. The molecule has 0 heterocycles. The Morgan fingerprint density at radius 3 is 1.12 bits per heavy atom. The lowest BCUT2D eigenvalue weighted by atomic mass is 10.0. The van der Waals surface area contributed by atoms with Gasteiger partial charge < -0.3 is 4.55 Å². The Kier molecular flexibility index (Phi) is 18.6. The molecule has 0 N–H and O–H groups in total. The van der Waals surface area contributed by atoms with Crippen LogP contribution in [-0.4, -0.2) is 19.6 Å². The maximum absolute atomic E-state index is 10.2. The van der Waals surface area contributed by atoms with Crippen LogP contribution in [0.5, 0.6) is 0 Å². The fourth-order valence-electron chi connectivity index (χ4n) is 3.16. The Bertz CT molecular complexity index is 355. The van der Waals surface area contributed by atoms with E-state index in [1.165, 1.54) is 96.3 Å². The van der Waals surface area contributed by atoms with Crippen molar-refractivity contribution >= 4 is 10.4 Å². The normalized spacial score (nSPS) is 11.9. The molecule has 0 spiro atoms. The van der Waals surface area contributed by atoms with Gasteiger partial charge in [-0.15, -0.1) is 0 Å². The topological polar surface area (TPSA) is 66.4 Å². The summed E-state index contributed by atoms with van der Waals surface area (Å²) in [6.07, 6.45) is 23.2. The van der Waals surface area contributed by atoms with Crippen LogP contribution < -0.4 is 0 Å². The van der Waals surface area contributed by atoms with E-state index in [2.05, 4.69) is 11.1 Å². The summed E-state index contributed by atoms with van der Waals surface area (Å²) in [6.45, 7) is 2.30. The minimum Gasteiger partial charge on any atom is -0.726 e. The van der Waals surface area contributed by atoms with E-state index in [0.29, 0.717) is 6.42 Å². The lowest BCUT2D eigenvalue weighted by molar-refractivity contribution is 0.255. The highest BCUT2D eigenvalue weighted by Crippen LogP contribution is 2.14. The van der Waals surface area contributed by atoms with Crippen LogP contribution in [0.2, 0.25) is 0 Å². The summed E-state index contributed by atoms with van der Waals surface area (Å²) < 4.78 is 34.9. The second-order valence-corrected chi connectivity index (χ2v) is 8.29. The molecule has 0 radical (unpaired) electrons. The third kappa shape index (κ3) is 23.9. The van der Waals surface area contributed by atoms with Crippen molar-refractivity contribution in [2.45, 2.75) is 122 Å². The van der Waals surface area contributed by atoms with E-state index in [1.807, 2.05) is 0 Å². The van der Waals surface area contributed by atoms with Gasteiger partial charge in [-0.25, -0.2) is 8.42 Å². The Labute approximate surface area is 157 Å². The standard InChI is InChI=1S/C20H42O4S/c1-2-3-4-5-6-7-8-9-10-11-12-13-14-15-16-17-18-19-20-24-25(21,22)23/h2-20H2,1H3,(H,21,22,23)/p-1. The fourth-order valence-corrected chi connectivity index (χ4v) is 3.49. The first-order valence-electron chi connectivity index (χ1n) is 10.7. The highest BCUT2D eigenvalue weighted by Gasteiger charge is 1.96. The van der Waals surface area contributed by atoms with Crippen molar-refractivity contribution in [2.24, 2.45) is 0 Å². The predicted octanol–water partition coefficient (Wildman–Crippen LogP) is 6.50. The van der Waals surface area contributed by atoms with E-state index in [9.17, 15) is 13.0 Å².